The van der Waals surface area contributed by atoms with Gasteiger partial charge in [0, 0.05) is 15.5 Å². The van der Waals surface area contributed by atoms with Gasteiger partial charge < -0.3 is 10.1 Å². The molecule has 0 bridgehead atoms. The average molecular weight is 430 g/mol. The Morgan fingerprint density at radius 1 is 1.03 bits per heavy atom. The zero-order chi connectivity index (χ0) is 20.5. The first-order valence-corrected chi connectivity index (χ1v) is 10.9. The van der Waals surface area contributed by atoms with Crippen molar-refractivity contribution in [2.24, 2.45) is 0 Å². The highest BCUT2D eigenvalue weighted by Crippen LogP contribution is 2.26. The summed E-state index contributed by atoms with van der Waals surface area (Å²) in [6.07, 6.45) is 0.221. The summed E-state index contributed by atoms with van der Waals surface area (Å²) in [5.74, 6) is -0.583. The normalized spacial score (nSPS) is 11.6. The van der Waals surface area contributed by atoms with Gasteiger partial charge in [-0.25, -0.2) is 4.39 Å². The van der Waals surface area contributed by atoms with Crippen LogP contribution in [-0.4, -0.2) is 24.2 Å². The molecule has 3 aromatic rings. The Morgan fingerprint density at radius 3 is 2.48 bits per heavy atom. The molecule has 0 fully saturated rings. The Kier molecular flexibility index (Phi) is 7.84. The Morgan fingerprint density at radius 2 is 1.79 bits per heavy atom. The van der Waals surface area contributed by atoms with Gasteiger partial charge in [0.05, 0.1) is 12.5 Å². The lowest BCUT2D eigenvalue weighted by atomic mass is 10.1. The number of hydrogen-bond donors (Lipinski definition) is 1. The molecular weight excluding hydrogens is 409 g/mol. The van der Waals surface area contributed by atoms with Crippen LogP contribution in [-0.2, 0) is 14.3 Å². The number of carbonyl (C=O) groups excluding carboxylic acids is 2. The van der Waals surface area contributed by atoms with E-state index in [1.54, 1.807) is 23.9 Å². The van der Waals surface area contributed by atoms with Crippen molar-refractivity contribution in [3.8, 4) is 0 Å². The van der Waals surface area contributed by atoms with Crippen molar-refractivity contribution in [3.63, 3.8) is 0 Å². The molecule has 1 heterocycles. The molecular formula is C22H20FNO3S2. The molecule has 0 spiro atoms. The first-order chi connectivity index (χ1) is 14.1. The van der Waals surface area contributed by atoms with Crippen LogP contribution in [0.1, 0.15) is 22.9 Å². The Balaban J connectivity index is 1.48. The smallest absolute Gasteiger partial charge is 0.307 e. The molecule has 2 aromatic carbocycles. The molecule has 29 heavy (non-hydrogen) atoms. The van der Waals surface area contributed by atoms with Crippen LogP contribution in [0, 0.1) is 5.82 Å². The van der Waals surface area contributed by atoms with Crippen molar-refractivity contribution < 1.29 is 18.7 Å². The lowest BCUT2D eigenvalue weighted by Gasteiger charge is -2.18. The van der Waals surface area contributed by atoms with E-state index in [0.29, 0.717) is 5.75 Å². The van der Waals surface area contributed by atoms with E-state index in [1.165, 1.54) is 23.5 Å². The molecule has 0 aliphatic carbocycles. The lowest BCUT2D eigenvalue weighted by molar-refractivity contribution is -0.148. The van der Waals surface area contributed by atoms with E-state index in [1.807, 2.05) is 47.8 Å². The molecule has 0 radical (unpaired) electrons. The number of rotatable bonds is 9. The maximum atomic E-state index is 13.2. The van der Waals surface area contributed by atoms with Crippen LogP contribution in [0.15, 0.2) is 77.0 Å². The minimum atomic E-state index is -0.421. The highest BCUT2D eigenvalue weighted by atomic mass is 32.2. The first kappa shape index (κ1) is 21.1. The molecule has 0 saturated heterocycles. The molecule has 1 unspecified atom stereocenters. The van der Waals surface area contributed by atoms with Crippen molar-refractivity contribution in [2.75, 3.05) is 12.4 Å². The Hall–Kier alpha value is -2.64. The molecule has 7 heteroatoms. The molecule has 1 aromatic heterocycles. The number of nitrogens with one attached hydrogen (secondary N) is 1. The number of hydrogen-bond acceptors (Lipinski definition) is 5. The summed E-state index contributed by atoms with van der Waals surface area (Å²) in [5, 5.41) is 4.76. The molecule has 0 aliphatic rings. The second-order valence-electron chi connectivity index (χ2n) is 6.14. The van der Waals surface area contributed by atoms with Crippen LogP contribution < -0.4 is 5.32 Å². The quantitative estimate of drug-likeness (QED) is 0.391. The topological polar surface area (TPSA) is 55.4 Å². The molecule has 0 saturated carbocycles. The van der Waals surface area contributed by atoms with Gasteiger partial charge in [-0.3, -0.25) is 9.59 Å². The number of thiophene rings is 1. The summed E-state index contributed by atoms with van der Waals surface area (Å²) in [4.78, 5) is 26.2. The Labute approximate surface area is 177 Å². The molecule has 1 N–H and O–H groups in total. The average Bonchev–Trinajstić information content (AvgIpc) is 3.27. The van der Waals surface area contributed by atoms with Crippen molar-refractivity contribution in [1.29, 1.82) is 0 Å². The van der Waals surface area contributed by atoms with E-state index in [4.69, 9.17) is 4.74 Å². The molecule has 0 aliphatic heterocycles. The fraction of sp³-hybridized carbons (Fsp3) is 0.182. The number of esters is 1. The van der Waals surface area contributed by atoms with Gasteiger partial charge in [0.15, 0.2) is 6.61 Å². The van der Waals surface area contributed by atoms with E-state index in [9.17, 15) is 14.0 Å². The maximum absolute atomic E-state index is 13.2. The molecule has 150 valence electrons. The van der Waals surface area contributed by atoms with E-state index < -0.39 is 17.9 Å². The van der Waals surface area contributed by atoms with Gasteiger partial charge in [-0.15, -0.1) is 23.1 Å². The largest absolute Gasteiger partial charge is 0.456 e. The molecule has 1 atom stereocenters. The van der Waals surface area contributed by atoms with Crippen LogP contribution >= 0.6 is 23.1 Å². The fourth-order valence-electron chi connectivity index (χ4n) is 2.62. The van der Waals surface area contributed by atoms with Gasteiger partial charge in [0.1, 0.15) is 5.82 Å². The summed E-state index contributed by atoms with van der Waals surface area (Å²) >= 11 is 3.05. The summed E-state index contributed by atoms with van der Waals surface area (Å²) in [5.41, 5.74) is 0.757. The van der Waals surface area contributed by atoms with Crippen LogP contribution in [0.4, 0.5) is 4.39 Å². The summed E-state index contributed by atoms with van der Waals surface area (Å²) < 4.78 is 18.3. The summed E-state index contributed by atoms with van der Waals surface area (Å²) in [7, 11) is 0. The zero-order valence-corrected chi connectivity index (χ0v) is 17.2. The predicted octanol–water partition coefficient (Wildman–Crippen LogP) is 4.82. The van der Waals surface area contributed by atoms with Crippen molar-refractivity contribution >= 4 is 35.0 Å². The predicted molar refractivity (Wildman–Crippen MR) is 113 cm³/mol. The number of benzene rings is 2. The fourth-order valence-corrected chi connectivity index (χ4v) is 4.28. The third-order valence-electron chi connectivity index (χ3n) is 4.02. The van der Waals surface area contributed by atoms with Crippen LogP contribution in [0.5, 0.6) is 0 Å². The molecule has 3 rings (SSSR count). The number of ether oxygens (including phenoxy) is 1. The SMILES string of the molecule is O=C(COC(=O)CCSc1ccccc1)NC(c1ccc(F)cc1)c1cccs1. The monoisotopic (exact) mass is 429 g/mol. The van der Waals surface area contributed by atoms with Gasteiger partial charge in [0.25, 0.3) is 5.91 Å². The van der Waals surface area contributed by atoms with Crippen molar-refractivity contribution in [3.05, 3.63) is 88.4 Å². The minimum Gasteiger partial charge on any atom is -0.456 e. The summed E-state index contributed by atoms with van der Waals surface area (Å²) in [6.45, 7) is -0.349. The van der Waals surface area contributed by atoms with E-state index in [0.717, 1.165) is 15.3 Å². The second-order valence-corrected chi connectivity index (χ2v) is 8.29. The number of amides is 1. The van der Waals surface area contributed by atoms with Crippen LogP contribution in [0.2, 0.25) is 0 Å². The van der Waals surface area contributed by atoms with Gasteiger partial charge >= 0.3 is 5.97 Å². The van der Waals surface area contributed by atoms with E-state index in [2.05, 4.69) is 5.32 Å². The van der Waals surface area contributed by atoms with Gasteiger partial charge in [-0.1, -0.05) is 36.4 Å². The van der Waals surface area contributed by atoms with E-state index >= 15 is 0 Å². The zero-order valence-electron chi connectivity index (χ0n) is 15.5. The van der Waals surface area contributed by atoms with Crippen LogP contribution in [0.25, 0.3) is 0 Å². The maximum Gasteiger partial charge on any atom is 0.307 e. The lowest BCUT2D eigenvalue weighted by Crippen LogP contribution is -2.32. The highest BCUT2D eigenvalue weighted by Gasteiger charge is 2.19. The second kappa shape index (κ2) is 10.8. The highest BCUT2D eigenvalue weighted by molar-refractivity contribution is 7.99. The summed E-state index contributed by atoms with van der Waals surface area (Å²) in [6, 6.07) is 19.1. The van der Waals surface area contributed by atoms with Crippen LogP contribution in [0.3, 0.4) is 0 Å². The minimum absolute atomic E-state index is 0.221. The standard InChI is InChI=1S/C22H20FNO3S2/c23-17-10-8-16(9-11-17)22(19-7-4-13-29-19)24-20(25)15-27-21(26)12-14-28-18-5-2-1-3-6-18/h1-11,13,22H,12,14-15H2,(H,24,25). The van der Waals surface area contributed by atoms with Crippen molar-refractivity contribution in [1.82, 2.24) is 5.32 Å². The first-order valence-electron chi connectivity index (χ1n) is 9.03. The third kappa shape index (κ3) is 6.73. The molecule has 4 nitrogen and oxygen atoms in total. The number of carbonyl (C=O) groups is 2. The third-order valence-corrected chi connectivity index (χ3v) is 5.97. The Bertz CT molecular complexity index is 915. The number of thioether (sulfide) groups is 1. The van der Waals surface area contributed by atoms with Gasteiger partial charge in [-0.05, 0) is 41.3 Å². The van der Waals surface area contributed by atoms with Gasteiger partial charge in [-0.2, -0.15) is 0 Å². The number of halogens is 1. The van der Waals surface area contributed by atoms with Crippen molar-refractivity contribution in [2.45, 2.75) is 17.4 Å². The van der Waals surface area contributed by atoms with E-state index in [-0.39, 0.29) is 18.8 Å². The molecule has 1 amide bonds. The van der Waals surface area contributed by atoms with Gasteiger partial charge in [0.2, 0.25) is 0 Å².